The summed E-state index contributed by atoms with van der Waals surface area (Å²) in [6.45, 7) is 4.31. The van der Waals surface area contributed by atoms with Gasteiger partial charge in [0.05, 0.1) is 6.42 Å². The van der Waals surface area contributed by atoms with E-state index >= 15 is 0 Å². The summed E-state index contributed by atoms with van der Waals surface area (Å²) in [5.41, 5.74) is 4.03. The number of nitrogens with one attached hydrogen (secondary N) is 1. The number of benzene rings is 2. The zero-order valence-corrected chi connectivity index (χ0v) is 14.4. The first kappa shape index (κ1) is 16.7. The number of hydrogen-bond donors (Lipinski definition) is 1. The van der Waals surface area contributed by atoms with Crippen molar-refractivity contribution in [3.63, 3.8) is 0 Å². The van der Waals surface area contributed by atoms with Gasteiger partial charge in [-0.2, -0.15) is 0 Å². The second-order valence-corrected chi connectivity index (χ2v) is 7.27. The molecule has 0 fully saturated rings. The van der Waals surface area contributed by atoms with Gasteiger partial charge in [0.15, 0.2) is 0 Å². The highest BCUT2D eigenvalue weighted by Crippen LogP contribution is 2.25. The van der Waals surface area contributed by atoms with Crippen molar-refractivity contribution in [1.82, 2.24) is 5.32 Å². The van der Waals surface area contributed by atoms with Crippen molar-refractivity contribution in [2.75, 3.05) is 6.54 Å². The molecule has 3 heteroatoms. The van der Waals surface area contributed by atoms with Crippen molar-refractivity contribution in [2.45, 2.75) is 44.9 Å². The minimum Gasteiger partial charge on any atom is -0.355 e. The fourth-order valence-electron chi connectivity index (χ4n) is 3.41. The molecule has 0 unspecified atom stereocenters. The van der Waals surface area contributed by atoms with E-state index in [-0.39, 0.29) is 11.7 Å². The fourth-order valence-corrected chi connectivity index (χ4v) is 3.41. The van der Waals surface area contributed by atoms with Gasteiger partial charge in [0.1, 0.15) is 5.82 Å². The van der Waals surface area contributed by atoms with Crippen LogP contribution >= 0.6 is 0 Å². The lowest BCUT2D eigenvalue weighted by atomic mass is 9.84. The van der Waals surface area contributed by atoms with Crippen LogP contribution < -0.4 is 5.32 Å². The fraction of sp³-hybridized carbons (Fsp3) is 0.381. The molecule has 0 bridgehead atoms. The average Bonchev–Trinajstić information content (AvgIpc) is 3.01. The molecule has 1 aliphatic rings. The SMILES string of the molecule is CC(C)(CNC(=O)Cc1ccc2c(c1)CCC2)c1ccccc1F. The van der Waals surface area contributed by atoms with E-state index in [0.29, 0.717) is 18.5 Å². The molecule has 24 heavy (non-hydrogen) atoms. The minimum absolute atomic E-state index is 0.0163. The number of hydrogen-bond acceptors (Lipinski definition) is 1. The highest BCUT2D eigenvalue weighted by molar-refractivity contribution is 5.78. The van der Waals surface area contributed by atoms with Crippen molar-refractivity contribution >= 4 is 5.91 Å². The van der Waals surface area contributed by atoms with E-state index in [9.17, 15) is 9.18 Å². The van der Waals surface area contributed by atoms with E-state index in [1.54, 1.807) is 12.1 Å². The van der Waals surface area contributed by atoms with Crippen LogP contribution in [0.25, 0.3) is 0 Å². The Kier molecular flexibility index (Phi) is 4.70. The van der Waals surface area contributed by atoms with Gasteiger partial charge in [-0.15, -0.1) is 0 Å². The summed E-state index contributed by atoms with van der Waals surface area (Å²) in [6, 6.07) is 13.1. The number of aryl methyl sites for hydroxylation is 2. The zero-order valence-electron chi connectivity index (χ0n) is 14.4. The maximum Gasteiger partial charge on any atom is 0.224 e. The van der Waals surface area contributed by atoms with Crippen LogP contribution in [-0.4, -0.2) is 12.5 Å². The van der Waals surface area contributed by atoms with Gasteiger partial charge in [0, 0.05) is 12.0 Å². The molecule has 0 saturated carbocycles. The first-order chi connectivity index (χ1) is 11.5. The summed E-state index contributed by atoms with van der Waals surface area (Å²) in [5, 5.41) is 2.96. The minimum atomic E-state index is -0.445. The Hall–Kier alpha value is -2.16. The molecule has 0 spiro atoms. The molecule has 2 aromatic rings. The number of amides is 1. The Bertz CT molecular complexity index is 751. The second-order valence-electron chi connectivity index (χ2n) is 7.27. The molecular weight excluding hydrogens is 301 g/mol. The standard InChI is InChI=1S/C21H24FNO/c1-21(2,18-8-3-4-9-19(18)22)14-23-20(24)13-15-10-11-16-6-5-7-17(16)12-15/h3-4,8-12H,5-7,13-14H2,1-2H3,(H,23,24). The van der Waals surface area contributed by atoms with Crippen molar-refractivity contribution in [2.24, 2.45) is 0 Å². The van der Waals surface area contributed by atoms with Crippen LogP contribution in [0, 0.1) is 5.82 Å². The van der Waals surface area contributed by atoms with Gasteiger partial charge < -0.3 is 5.32 Å². The van der Waals surface area contributed by atoms with Gasteiger partial charge in [-0.3, -0.25) is 4.79 Å². The number of carbonyl (C=O) groups is 1. The first-order valence-corrected chi connectivity index (χ1v) is 8.58. The largest absolute Gasteiger partial charge is 0.355 e. The zero-order chi connectivity index (χ0) is 17.2. The van der Waals surface area contributed by atoms with Crippen molar-refractivity contribution in [1.29, 1.82) is 0 Å². The number of rotatable bonds is 5. The molecule has 0 heterocycles. The normalized spacial score (nSPS) is 13.6. The van der Waals surface area contributed by atoms with Gasteiger partial charge >= 0.3 is 0 Å². The maximum absolute atomic E-state index is 14.0. The maximum atomic E-state index is 14.0. The van der Waals surface area contributed by atoms with Crippen molar-refractivity contribution < 1.29 is 9.18 Å². The van der Waals surface area contributed by atoms with Gasteiger partial charge in [0.25, 0.3) is 0 Å². The van der Waals surface area contributed by atoms with Crippen LogP contribution in [0.15, 0.2) is 42.5 Å². The van der Waals surface area contributed by atoms with E-state index in [2.05, 4.69) is 17.4 Å². The Morgan fingerprint density at radius 1 is 1.12 bits per heavy atom. The van der Waals surface area contributed by atoms with Crippen LogP contribution in [0.5, 0.6) is 0 Å². The molecule has 1 aliphatic carbocycles. The summed E-state index contributed by atoms with van der Waals surface area (Å²) in [4.78, 5) is 12.3. The van der Waals surface area contributed by atoms with E-state index in [1.165, 1.54) is 23.6 Å². The lowest BCUT2D eigenvalue weighted by Gasteiger charge is -2.26. The topological polar surface area (TPSA) is 29.1 Å². The van der Waals surface area contributed by atoms with E-state index in [4.69, 9.17) is 0 Å². The molecule has 2 aromatic carbocycles. The Balaban J connectivity index is 1.60. The summed E-state index contributed by atoms with van der Waals surface area (Å²) in [5.74, 6) is -0.243. The third-order valence-electron chi connectivity index (χ3n) is 4.86. The molecule has 0 saturated heterocycles. The van der Waals surface area contributed by atoms with Crippen LogP contribution in [0.4, 0.5) is 4.39 Å². The predicted octanol–water partition coefficient (Wildman–Crippen LogP) is 3.95. The second kappa shape index (κ2) is 6.76. The highest BCUT2D eigenvalue weighted by Gasteiger charge is 2.24. The molecule has 1 amide bonds. The van der Waals surface area contributed by atoms with Crippen LogP contribution in [0.1, 0.15) is 42.5 Å². The summed E-state index contributed by atoms with van der Waals surface area (Å²) in [7, 11) is 0. The monoisotopic (exact) mass is 325 g/mol. The number of halogens is 1. The van der Waals surface area contributed by atoms with Crippen LogP contribution in [0.3, 0.4) is 0 Å². The Morgan fingerprint density at radius 2 is 1.88 bits per heavy atom. The van der Waals surface area contributed by atoms with Gasteiger partial charge in [-0.25, -0.2) is 4.39 Å². The average molecular weight is 325 g/mol. The molecule has 2 nitrogen and oxygen atoms in total. The molecule has 0 aliphatic heterocycles. The lowest BCUT2D eigenvalue weighted by Crippen LogP contribution is -2.38. The summed E-state index contributed by atoms with van der Waals surface area (Å²) in [6.07, 6.45) is 3.85. The van der Waals surface area contributed by atoms with Crippen molar-refractivity contribution in [3.05, 3.63) is 70.5 Å². The van der Waals surface area contributed by atoms with E-state index in [1.807, 2.05) is 26.0 Å². The predicted molar refractivity (Wildman–Crippen MR) is 94.6 cm³/mol. The van der Waals surface area contributed by atoms with Gasteiger partial charge in [-0.05, 0) is 47.6 Å². The molecule has 3 rings (SSSR count). The number of carbonyl (C=O) groups excluding carboxylic acids is 1. The quantitative estimate of drug-likeness (QED) is 0.886. The van der Waals surface area contributed by atoms with Crippen LogP contribution in [0.2, 0.25) is 0 Å². The summed E-state index contributed by atoms with van der Waals surface area (Å²) < 4.78 is 14.0. The highest BCUT2D eigenvalue weighted by atomic mass is 19.1. The third kappa shape index (κ3) is 3.66. The van der Waals surface area contributed by atoms with Gasteiger partial charge in [0.2, 0.25) is 5.91 Å². The Labute approximate surface area is 143 Å². The van der Waals surface area contributed by atoms with E-state index < -0.39 is 5.41 Å². The lowest BCUT2D eigenvalue weighted by molar-refractivity contribution is -0.120. The molecule has 0 atom stereocenters. The Morgan fingerprint density at radius 3 is 2.67 bits per heavy atom. The smallest absolute Gasteiger partial charge is 0.224 e. The molecular formula is C21H24FNO. The third-order valence-corrected chi connectivity index (χ3v) is 4.86. The van der Waals surface area contributed by atoms with Crippen molar-refractivity contribution in [3.8, 4) is 0 Å². The molecule has 1 N–H and O–H groups in total. The van der Waals surface area contributed by atoms with Crippen LogP contribution in [-0.2, 0) is 29.5 Å². The summed E-state index contributed by atoms with van der Waals surface area (Å²) >= 11 is 0. The molecule has 0 aromatic heterocycles. The first-order valence-electron chi connectivity index (χ1n) is 8.58. The van der Waals surface area contributed by atoms with E-state index in [0.717, 1.165) is 18.4 Å². The van der Waals surface area contributed by atoms with Gasteiger partial charge in [-0.1, -0.05) is 50.2 Å². The number of fused-ring (bicyclic) bond motifs is 1. The molecule has 126 valence electrons. The molecule has 0 radical (unpaired) electrons.